The molecule has 5 nitrogen and oxygen atoms in total. The largest absolute Gasteiger partial charge is 0.480 e. The standard InChI is InChI=1S/C13H23F3N2O3/c1-4-5-6-7-9(2)18-10(19)8-17-12(3,11(20)21)13(14,15)16/h9,17H,4-8H2,1-3H3,(H,18,19)(H,20,21). The van der Waals surface area contributed by atoms with Gasteiger partial charge in [0.15, 0.2) is 0 Å². The van der Waals surface area contributed by atoms with Crippen molar-refractivity contribution in [2.75, 3.05) is 6.54 Å². The molecule has 124 valence electrons. The Morgan fingerprint density at radius 3 is 2.24 bits per heavy atom. The number of carbonyl (C=O) groups excluding carboxylic acids is 1. The first kappa shape index (κ1) is 19.7. The molecule has 0 spiro atoms. The number of carboxylic acids is 1. The van der Waals surface area contributed by atoms with Crippen molar-refractivity contribution in [1.82, 2.24) is 10.6 Å². The van der Waals surface area contributed by atoms with E-state index in [2.05, 4.69) is 5.32 Å². The third-order valence-corrected chi connectivity index (χ3v) is 3.25. The van der Waals surface area contributed by atoms with Gasteiger partial charge < -0.3 is 10.4 Å². The second kappa shape index (κ2) is 8.21. The normalized spacial score (nSPS) is 16.1. The predicted molar refractivity (Wildman–Crippen MR) is 71.8 cm³/mol. The Kier molecular flexibility index (Phi) is 7.70. The van der Waals surface area contributed by atoms with E-state index in [0.717, 1.165) is 25.7 Å². The van der Waals surface area contributed by atoms with Crippen LogP contribution in [-0.2, 0) is 9.59 Å². The van der Waals surface area contributed by atoms with Gasteiger partial charge in [-0.3, -0.25) is 10.1 Å². The maximum absolute atomic E-state index is 12.7. The van der Waals surface area contributed by atoms with E-state index in [9.17, 15) is 22.8 Å². The van der Waals surface area contributed by atoms with E-state index in [1.165, 1.54) is 0 Å². The van der Waals surface area contributed by atoms with Crippen molar-refractivity contribution >= 4 is 11.9 Å². The van der Waals surface area contributed by atoms with Crippen LogP contribution in [0.5, 0.6) is 0 Å². The summed E-state index contributed by atoms with van der Waals surface area (Å²) < 4.78 is 38.1. The molecule has 0 aliphatic carbocycles. The third kappa shape index (κ3) is 6.33. The van der Waals surface area contributed by atoms with Crippen LogP contribution in [0.15, 0.2) is 0 Å². The molecule has 21 heavy (non-hydrogen) atoms. The molecule has 0 saturated heterocycles. The van der Waals surface area contributed by atoms with E-state index < -0.39 is 30.1 Å². The van der Waals surface area contributed by atoms with Gasteiger partial charge in [-0.2, -0.15) is 13.2 Å². The lowest BCUT2D eigenvalue weighted by Crippen LogP contribution is -2.62. The van der Waals surface area contributed by atoms with E-state index in [1.54, 1.807) is 12.2 Å². The van der Waals surface area contributed by atoms with Crippen molar-refractivity contribution in [1.29, 1.82) is 0 Å². The average molecular weight is 312 g/mol. The molecule has 0 aromatic rings. The van der Waals surface area contributed by atoms with Crippen LogP contribution in [0.1, 0.15) is 46.5 Å². The van der Waals surface area contributed by atoms with Crippen LogP contribution >= 0.6 is 0 Å². The van der Waals surface area contributed by atoms with Crippen molar-refractivity contribution in [2.24, 2.45) is 0 Å². The SMILES string of the molecule is CCCCCC(C)NC(=O)CNC(C)(C(=O)O)C(F)(F)F. The summed E-state index contributed by atoms with van der Waals surface area (Å²) in [5.41, 5.74) is -3.14. The number of rotatable bonds is 9. The summed E-state index contributed by atoms with van der Waals surface area (Å²) in [6.45, 7) is 3.58. The van der Waals surface area contributed by atoms with Crippen LogP contribution in [-0.4, -0.2) is 41.3 Å². The zero-order valence-electron chi connectivity index (χ0n) is 12.5. The number of carboxylic acid groups (broad SMARTS) is 1. The number of alkyl halides is 3. The van der Waals surface area contributed by atoms with Crippen LogP contribution in [0.4, 0.5) is 13.2 Å². The lowest BCUT2D eigenvalue weighted by molar-refractivity contribution is -0.205. The van der Waals surface area contributed by atoms with Crippen molar-refractivity contribution in [2.45, 2.75) is 64.2 Å². The number of halogens is 3. The van der Waals surface area contributed by atoms with Gasteiger partial charge in [0.05, 0.1) is 6.54 Å². The van der Waals surface area contributed by atoms with E-state index >= 15 is 0 Å². The molecule has 0 radical (unpaired) electrons. The van der Waals surface area contributed by atoms with Crippen LogP contribution in [0.2, 0.25) is 0 Å². The van der Waals surface area contributed by atoms with Gasteiger partial charge in [-0.05, 0) is 20.3 Å². The molecule has 2 atom stereocenters. The molecule has 0 bridgehead atoms. The fraction of sp³-hybridized carbons (Fsp3) is 0.846. The van der Waals surface area contributed by atoms with Crippen LogP contribution < -0.4 is 10.6 Å². The Morgan fingerprint density at radius 1 is 1.24 bits per heavy atom. The van der Waals surface area contributed by atoms with Gasteiger partial charge in [0, 0.05) is 6.04 Å². The molecule has 1 amide bonds. The quantitative estimate of drug-likeness (QED) is 0.570. The highest BCUT2D eigenvalue weighted by molar-refractivity contribution is 5.82. The van der Waals surface area contributed by atoms with Gasteiger partial charge in [-0.15, -0.1) is 0 Å². The van der Waals surface area contributed by atoms with Crippen molar-refractivity contribution < 1.29 is 27.9 Å². The van der Waals surface area contributed by atoms with E-state index in [4.69, 9.17) is 5.11 Å². The minimum atomic E-state index is -4.99. The van der Waals surface area contributed by atoms with Gasteiger partial charge in [-0.1, -0.05) is 26.2 Å². The smallest absolute Gasteiger partial charge is 0.417 e. The molecule has 0 aliphatic heterocycles. The van der Waals surface area contributed by atoms with Crippen LogP contribution in [0, 0.1) is 0 Å². The van der Waals surface area contributed by atoms with Crippen molar-refractivity contribution in [3.05, 3.63) is 0 Å². The molecular formula is C13H23F3N2O3. The van der Waals surface area contributed by atoms with E-state index in [0.29, 0.717) is 6.92 Å². The molecule has 0 rings (SSSR count). The first-order valence-electron chi connectivity index (χ1n) is 6.89. The van der Waals surface area contributed by atoms with Crippen molar-refractivity contribution in [3.8, 4) is 0 Å². The Bertz CT molecular complexity index is 361. The average Bonchev–Trinajstić information content (AvgIpc) is 2.34. The second-order valence-corrected chi connectivity index (χ2v) is 5.25. The molecule has 0 aliphatic rings. The Labute approximate surface area is 122 Å². The first-order chi connectivity index (χ1) is 9.54. The highest BCUT2D eigenvalue weighted by Crippen LogP contribution is 2.30. The Hall–Kier alpha value is -1.31. The molecule has 0 aromatic carbocycles. The molecule has 3 N–H and O–H groups in total. The fourth-order valence-electron chi connectivity index (χ4n) is 1.65. The molecular weight excluding hydrogens is 289 g/mol. The summed E-state index contributed by atoms with van der Waals surface area (Å²) in [6, 6.07) is -0.159. The molecule has 0 aromatic heterocycles. The van der Waals surface area contributed by atoms with Gasteiger partial charge >= 0.3 is 12.1 Å². The number of carbonyl (C=O) groups is 2. The molecule has 0 saturated carbocycles. The number of aliphatic carboxylic acids is 1. The van der Waals surface area contributed by atoms with Crippen molar-refractivity contribution in [3.63, 3.8) is 0 Å². The van der Waals surface area contributed by atoms with Gasteiger partial charge in [0.2, 0.25) is 11.4 Å². The maximum atomic E-state index is 12.7. The molecule has 2 unspecified atom stereocenters. The highest BCUT2D eigenvalue weighted by Gasteiger charge is 2.57. The minimum absolute atomic E-state index is 0.159. The third-order valence-electron chi connectivity index (χ3n) is 3.25. The zero-order chi connectivity index (χ0) is 16.7. The Morgan fingerprint density at radius 2 is 1.81 bits per heavy atom. The summed E-state index contributed by atoms with van der Waals surface area (Å²) in [6.07, 6.45) is -1.30. The molecule has 0 heterocycles. The fourth-order valence-corrected chi connectivity index (χ4v) is 1.65. The van der Waals surface area contributed by atoms with Crippen LogP contribution in [0.25, 0.3) is 0 Å². The summed E-state index contributed by atoms with van der Waals surface area (Å²) in [5, 5.41) is 13.0. The van der Waals surface area contributed by atoms with E-state index in [-0.39, 0.29) is 6.04 Å². The summed E-state index contributed by atoms with van der Waals surface area (Å²) >= 11 is 0. The zero-order valence-corrected chi connectivity index (χ0v) is 12.5. The monoisotopic (exact) mass is 312 g/mol. The number of hydrogen-bond acceptors (Lipinski definition) is 3. The predicted octanol–water partition coefficient (Wildman–Crippen LogP) is 2.07. The van der Waals surface area contributed by atoms with E-state index in [1.807, 2.05) is 6.92 Å². The number of amides is 1. The molecule has 8 heteroatoms. The second-order valence-electron chi connectivity index (χ2n) is 5.25. The minimum Gasteiger partial charge on any atom is -0.480 e. The topological polar surface area (TPSA) is 78.4 Å². The lowest BCUT2D eigenvalue weighted by Gasteiger charge is -2.28. The maximum Gasteiger partial charge on any atom is 0.417 e. The van der Waals surface area contributed by atoms with Crippen LogP contribution in [0.3, 0.4) is 0 Å². The summed E-state index contributed by atoms with van der Waals surface area (Å²) in [4.78, 5) is 22.3. The molecule has 0 fully saturated rings. The Balaban J connectivity index is 4.37. The number of nitrogens with one attached hydrogen (secondary N) is 2. The van der Waals surface area contributed by atoms with Gasteiger partial charge in [-0.25, -0.2) is 4.79 Å². The summed E-state index contributed by atoms with van der Waals surface area (Å²) in [7, 11) is 0. The summed E-state index contributed by atoms with van der Waals surface area (Å²) in [5.74, 6) is -2.73. The number of hydrogen-bond donors (Lipinski definition) is 3. The lowest BCUT2D eigenvalue weighted by atomic mass is 10.0. The first-order valence-corrected chi connectivity index (χ1v) is 6.89. The van der Waals surface area contributed by atoms with Gasteiger partial charge in [0.25, 0.3) is 0 Å². The number of unbranched alkanes of at least 4 members (excludes halogenated alkanes) is 2. The van der Waals surface area contributed by atoms with Gasteiger partial charge in [0.1, 0.15) is 0 Å². The highest BCUT2D eigenvalue weighted by atomic mass is 19.4.